The highest BCUT2D eigenvalue weighted by Crippen LogP contribution is 2.15. The van der Waals surface area contributed by atoms with Crippen molar-refractivity contribution >= 4 is 5.91 Å². The molecule has 1 heterocycles. The number of carbonyl (C=O) groups excluding carboxylic acids is 1. The van der Waals surface area contributed by atoms with Crippen LogP contribution in [0.1, 0.15) is 13.3 Å². The Morgan fingerprint density at radius 2 is 2.00 bits per heavy atom. The Morgan fingerprint density at radius 3 is 2.40 bits per heavy atom. The van der Waals surface area contributed by atoms with Gasteiger partial charge in [0, 0.05) is 38.6 Å². The fourth-order valence-corrected chi connectivity index (χ4v) is 1.59. The summed E-state index contributed by atoms with van der Waals surface area (Å²) in [6, 6.07) is 0.671. The maximum atomic E-state index is 11.8. The first-order valence-electron chi connectivity index (χ1n) is 5.42. The zero-order valence-electron chi connectivity index (χ0n) is 9.48. The minimum Gasteiger partial charge on any atom is -0.335 e. The highest BCUT2D eigenvalue weighted by Gasteiger charge is 2.29. The van der Waals surface area contributed by atoms with Crippen LogP contribution >= 0.6 is 0 Å². The van der Waals surface area contributed by atoms with Gasteiger partial charge in [0.05, 0.1) is 0 Å². The molecule has 1 aliphatic rings. The lowest BCUT2D eigenvalue weighted by atomic mass is 10.3. The third-order valence-electron chi connectivity index (χ3n) is 2.65. The second-order valence-corrected chi connectivity index (χ2v) is 3.97. The molecule has 0 aromatic rings. The average molecular weight is 208 g/mol. The van der Waals surface area contributed by atoms with E-state index in [1.54, 1.807) is 17.1 Å². The van der Waals surface area contributed by atoms with Crippen molar-refractivity contribution < 1.29 is 4.79 Å². The maximum absolute atomic E-state index is 11.8. The quantitative estimate of drug-likeness (QED) is 0.465. The van der Waals surface area contributed by atoms with Gasteiger partial charge in [-0.1, -0.05) is 12.2 Å². The van der Waals surface area contributed by atoms with E-state index in [1.165, 1.54) is 0 Å². The van der Waals surface area contributed by atoms with Crippen molar-refractivity contribution in [2.75, 3.05) is 26.2 Å². The van der Waals surface area contributed by atoms with Gasteiger partial charge in [-0.05, 0) is 6.92 Å². The van der Waals surface area contributed by atoms with Crippen LogP contribution in [0.4, 0.5) is 0 Å². The summed E-state index contributed by atoms with van der Waals surface area (Å²) in [5.74, 6) is 0.189. The third kappa shape index (κ3) is 3.88. The number of amides is 1. The van der Waals surface area contributed by atoms with Gasteiger partial charge in [-0.2, -0.15) is 0 Å². The summed E-state index contributed by atoms with van der Waals surface area (Å²) in [5.41, 5.74) is 0. The van der Waals surface area contributed by atoms with Gasteiger partial charge in [0.1, 0.15) is 0 Å². The molecule has 0 aromatic heterocycles. The van der Waals surface area contributed by atoms with Crippen LogP contribution in [0.15, 0.2) is 25.3 Å². The third-order valence-corrected chi connectivity index (χ3v) is 2.65. The summed E-state index contributed by atoms with van der Waals surface area (Å²) in [6.07, 6.45) is 4.11. The van der Waals surface area contributed by atoms with Crippen molar-refractivity contribution in [1.82, 2.24) is 9.80 Å². The van der Waals surface area contributed by atoms with Crippen molar-refractivity contribution in [2.45, 2.75) is 19.4 Å². The topological polar surface area (TPSA) is 23.3 Å². The molecule has 0 saturated carbocycles. The van der Waals surface area contributed by atoms with Crippen LogP contribution in [-0.4, -0.2) is 47.9 Å². The predicted molar refractivity (Wildman–Crippen MR) is 62.6 cm³/mol. The normalized spacial score (nSPS) is 23.3. The standard InChI is InChI=1S/C12H20N2O/c1-4-7-13(8-5-2)12(15)6-9-14-10-11(14)3/h4-5,11H,1-2,6-10H2,3H3. The molecule has 3 nitrogen and oxygen atoms in total. The summed E-state index contributed by atoms with van der Waals surface area (Å²) in [7, 11) is 0. The molecular formula is C12H20N2O. The number of rotatable bonds is 7. The molecule has 0 radical (unpaired) electrons. The second kappa shape index (κ2) is 5.71. The van der Waals surface area contributed by atoms with Gasteiger partial charge in [0.25, 0.3) is 0 Å². The van der Waals surface area contributed by atoms with Crippen LogP contribution in [0.5, 0.6) is 0 Å². The first-order chi connectivity index (χ1) is 7.19. The van der Waals surface area contributed by atoms with E-state index in [-0.39, 0.29) is 5.91 Å². The highest BCUT2D eigenvalue weighted by atomic mass is 16.2. The van der Waals surface area contributed by atoms with E-state index >= 15 is 0 Å². The first kappa shape index (κ1) is 12.0. The molecular weight excluding hydrogens is 188 g/mol. The van der Waals surface area contributed by atoms with Gasteiger partial charge >= 0.3 is 0 Å². The van der Waals surface area contributed by atoms with Gasteiger partial charge in [0.15, 0.2) is 0 Å². The Labute approximate surface area is 92.0 Å². The number of carbonyl (C=O) groups is 1. The molecule has 15 heavy (non-hydrogen) atoms. The molecule has 0 bridgehead atoms. The zero-order chi connectivity index (χ0) is 11.3. The fourth-order valence-electron chi connectivity index (χ4n) is 1.59. The molecule has 3 heteroatoms. The van der Waals surface area contributed by atoms with E-state index < -0.39 is 0 Å². The molecule has 1 aliphatic heterocycles. The van der Waals surface area contributed by atoms with E-state index in [2.05, 4.69) is 25.0 Å². The largest absolute Gasteiger partial charge is 0.335 e. The Morgan fingerprint density at radius 1 is 1.47 bits per heavy atom. The molecule has 2 unspecified atom stereocenters. The summed E-state index contributed by atoms with van der Waals surface area (Å²) in [4.78, 5) is 15.8. The lowest BCUT2D eigenvalue weighted by molar-refractivity contribution is -0.130. The molecule has 0 N–H and O–H groups in total. The van der Waals surface area contributed by atoms with E-state index in [1.807, 2.05) is 0 Å². The smallest absolute Gasteiger partial charge is 0.224 e. The van der Waals surface area contributed by atoms with Crippen LogP contribution in [0, 0.1) is 0 Å². The molecule has 84 valence electrons. The van der Waals surface area contributed by atoms with Gasteiger partial charge < -0.3 is 4.90 Å². The molecule has 0 spiro atoms. The lowest BCUT2D eigenvalue weighted by Crippen LogP contribution is -2.32. The van der Waals surface area contributed by atoms with Crippen molar-refractivity contribution in [1.29, 1.82) is 0 Å². The SMILES string of the molecule is C=CCN(CC=C)C(=O)CCN1CC1C. The lowest BCUT2D eigenvalue weighted by Gasteiger charge is -2.19. The average Bonchev–Trinajstić information content (AvgIpc) is 2.91. The number of nitrogens with zero attached hydrogens (tertiary/aromatic N) is 2. The predicted octanol–water partition coefficient (Wildman–Crippen LogP) is 1.28. The van der Waals surface area contributed by atoms with E-state index in [4.69, 9.17) is 0 Å². The van der Waals surface area contributed by atoms with Crippen LogP contribution in [0.2, 0.25) is 0 Å². The second-order valence-electron chi connectivity index (χ2n) is 3.97. The van der Waals surface area contributed by atoms with Crippen molar-refractivity contribution in [3.05, 3.63) is 25.3 Å². The molecule has 0 aromatic carbocycles. The minimum absolute atomic E-state index is 0.189. The Kier molecular flexibility index (Phi) is 4.56. The molecule has 1 fully saturated rings. The van der Waals surface area contributed by atoms with Crippen LogP contribution in [0.25, 0.3) is 0 Å². The van der Waals surface area contributed by atoms with Crippen molar-refractivity contribution in [3.63, 3.8) is 0 Å². The first-order valence-corrected chi connectivity index (χ1v) is 5.42. The summed E-state index contributed by atoms with van der Waals surface area (Å²) >= 11 is 0. The molecule has 1 rings (SSSR count). The van der Waals surface area contributed by atoms with Crippen LogP contribution in [0.3, 0.4) is 0 Å². The summed E-state index contributed by atoms with van der Waals surface area (Å²) in [5, 5.41) is 0. The van der Waals surface area contributed by atoms with E-state index in [0.717, 1.165) is 13.1 Å². The van der Waals surface area contributed by atoms with Crippen molar-refractivity contribution in [3.8, 4) is 0 Å². The van der Waals surface area contributed by atoms with Gasteiger partial charge in [-0.25, -0.2) is 0 Å². The minimum atomic E-state index is 0.189. The van der Waals surface area contributed by atoms with E-state index in [0.29, 0.717) is 25.6 Å². The number of hydrogen-bond acceptors (Lipinski definition) is 2. The highest BCUT2D eigenvalue weighted by molar-refractivity contribution is 5.76. The maximum Gasteiger partial charge on any atom is 0.224 e. The monoisotopic (exact) mass is 208 g/mol. The molecule has 2 atom stereocenters. The Balaban J connectivity index is 2.27. The Hall–Kier alpha value is -1.09. The molecule has 1 saturated heterocycles. The Bertz CT molecular complexity index is 240. The van der Waals surface area contributed by atoms with Crippen molar-refractivity contribution in [2.24, 2.45) is 0 Å². The van der Waals surface area contributed by atoms with Gasteiger partial charge in [0.2, 0.25) is 5.91 Å². The summed E-state index contributed by atoms with van der Waals surface area (Å²) in [6.45, 7) is 12.7. The van der Waals surface area contributed by atoms with Crippen LogP contribution < -0.4 is 0 Å². The molecule has 0 aliphatic carbocycles. The van der Waals surface area contributed by atoms with Crippen LogP contribution in [-0.2, 0) is 4.79 Å². The van der Waals surface area contributed by atoms with Gasteiger partial charge in [-0.3, -0.25) is 9.69 Å². The zero-order valence-corrected chi connectivity index (χ0v) is 9.48. The molecule has 1 amide bonds. The fraction of sp³-hybridized carbons (Fsp3) is 0.583. The van der Waals surface area contributed by atoms with E-state index in [9.17, 15) is 4.79 Å². The summed E-state index contributed by atoms with van der Waals surface area (Å²) < 4.78 is 0. The van der Waals surface area contributed by atoms with Gasteiger partial charge in [-0.15, -0.1) is 13.2 Å². The number of hydrogen-bond donors (Lipinski definition) is 0.